The Balaban J connectivity index is 1.33. The third kappa shape index (κ3) is 4.37. The van der Waals surface area contributed by atoms with Crippen LogP contribution in [0.3, 0.4) is 0 Å². The number of fused-ring (bicyclic) bond motifs is 1. The second kappa shape index (κ2) is 8.98. The summed E-state index contributed by atoms with van der Waals surface area (Å²) in [6.07, 6.45) is 11.1. The lowest BCUT2D eigenvalue weighted by molar-refractivity contribution is 0.210. The third-order valence-corrected chi connectivity index (χ3v) is 6.51. The van der Waals surface area contributed by atoms with Crippen LogP contribution in [0.15, 0.2) is 72.7 Å². The first-order chi connectivity index (χ1) is 15.3. The van der Waals surface area contributed by atoms with E-state index in [0.29, 0.717) is 12.6 Å². The van der Waals surface area contributed by atoms with Crippen LogP contribution in [0.25, 0.3) is 17.0 Å². The van der Waals surface area contributed by atoms with Crippen molar-refractivity contribution in [1.82, 2.24) is 24.1 Å². The highest BCUT2D eigenvalue weighted by Gasteiger charge is 2.17. The molecule has 3 aromatic heterocycles. The number of thioether (sulfide) groups is 1. The van der Waals surface area contributed by atoms with E-state index in [2.05, 4.69) is 44.7 Å². The van der Waals surface area contributed by atoms with Gasteiger partial charge >= 0.3 is 0 Å². The van der Waals surface area contributed by atoms with Gasteiger partial charge < -0.3 is 9.14 Å². The molecule has 1 aliphatic rings. The van der Waals surface area contributed by atoms with Crippen LogP contribution in [-0.2, 0) is 12.3 Å². The predicted molar refractivity (Wildman–Crippen MR) is 123 cm³/mol. The molecule has 0 spiro atoms. The molecule has 1 aliphatic carbocycles. The standard InChI is InChI=1S/C24H25N5OS/c1-2-14-29-23(18-10-12-21(13-11-18)30-20-7-3-4-8-20)26-27-24(29)31-17-19-16-28-15-6-5-9-22(28)25-19/h2,5-6,9-13,15-16,20H,1,3-4,7-8,14,17H2. The van der Waals surface area contributed by atoms with Gasteiger partial charge in [-0.25, -0.2) is 4.98 Å². The molecule has 1 fully saturated rings. The fourth-order valence-corrected chi connectivity index (χ4v) is 4.81. The number of imidazole rings is 1. The van der Waals surface area contributed by atoms with Gasteiger partial charge in [0.15, 0.2) is 11.0 Å². The molecule has 4 aromatic rings. The van der Waals surface area contributed by atoms with Crippen LogP contribution in [0.1, 0.15) is 31.4 Å². The van der Waals surface area contributed by atoms with E-state index in [0.717, 1.165) is 52.2 Å². The van der Waals surface area contributed by atoms with Gasteiger partial charge in [0.05, 0.1) is 11.8 Å². The smallest absolute Gasteiger partial charge is 0.192 e. The van der Waals surface area contributed by atoms with Crippen LogP contribution < -0.4 is 4.74 Å². The molecule has 0 N–H and O–H groups in total. The monoisotopic (exact) mass is 431 g/mol. The average molecular weight is 432 g/mol. The van der Waals surface area contributed by atoms with Crippen LogP contribution in [0.2, 0.25) is 0 Å². The van der Waals surface area contributed by atoms with E-state index >= 15 is 0 Å². The zero-order valence-corrected chi connectivity index (χ0v) is 18.2. The zero-order chi connectivity index (χ0) is 21.0. The summed E-state index contributed by atoms with van der Waals surface area (Å²) in [6, 6.07) is 14.2. The highest BCUT2D eigenvalue weighted by atomic mass is 32.2. The van der Waals surface area contributed by atoms with Gasteiger partial charge in [-0.15, -0.1) is 16.8 Å². The highest BCUT2D eigenvalue weighted by Crippen LogP contribution is 2.29. The molecule has 0 amide bonds. The van der Waals surface area contributed by atoms with Crippen molar-refractivity contribution in [2.75, 3.05) is 0 Å². The second-order valence-corrected chi connectivity index (χ2v) is 8.68. The summed E-state index contributed by atoms with van der Waals surface area (Å²) in [7, 11) is 0. The number of ether oxygens (including phenoxy) is 1. The van der Waals surface area contributed by atoms with Gasteiger partial charge in [0, 0.05) is 30.3 Å². The summed E-state index contributed by atoms with van der Waals surface area (Å²) in [4.78, 5) is 4.67. The van der Waals surface area contributed by atoms with E-state index in [1.807, 2.05) is 47.0 Å². The van der Waals surface area contributed by atoms with Crippen molar-refractivity contribution in [2.45, 2.75) is 49.2 Å². The Hall–Kier alpha value is -3.06. The lowest BCUT2D eigenvalue weighted by Crippen LogP contribution is -2.10. The molecule has 0 bridgehead atoms. The number of aromatic nitrogens is 5. The largest absolute Gasteiger partial charge is 0.490 e. The minimum absolute atomic E-state index is 0.359. The van der Waals surface area contributed by atoms with Crippen molar-refractivity contribution in [2.24, 2.45) is 0 Å². The fraction of sp³-hybridized carbons (Fsp3) is 0.292. The maximum absolute atomic E-state index is 6.09. The van der Waals surface area contributed by atoms with E-state index < -0.39 is 0 Å². The van der Waals surface area contributed by atoms with Gasteiger partial charge in [-0.05, 0) is 62.1 Å². The number of pyridine rings is 1. The second-order valence-electron chi connectivity index (χ2n) is 7.74. The van der Waals surface area contributed by atoms with Crippen LogP contribution in [0.4, 0.5) is 0 Å². The van der Waals surface area contributed by atoms with Gasteiger partial charge in [-0.2, -0.15) is 0 Å². The van der Waals surface area contributed by atoms with Crippen molar-refractivity contribution >= 4 is 17.4 Å². The predicted octanol–water partition coefficient (Wildman–Crippen LogP) is 5.39. The summed E-state index contributed by atoms with van der Waals surface area (Å²) in [5, 5.41) is 9.78. The highest BCUT2D eigenvalue weighted by molar-refractivity contribution is 7.98. The van der Waals surface area contributed by atoms with Crippen molar-refractivity contribution in [3.8, 4) is 17.1 Å². The van der Waals surface area contributed by atoms with E-state index in [1.54, 1.807) is 11.8 Å². The molecule has 0 atom stereocenters. The molecule has 7 heteroatoms. The molecule has 0 radical (unpaired) electrons. The molecule has 0 saturated heterocycles. The quantitative estimate of drug-likeness (QED) is 0.276. The topological polar surface area (TPSA) is 57.2 Å². The van der Waals surface area contributed by atoms with Crippen LogP contribution in [0, 0.1) is 0 Å². The first kappa shape index (κ1) is 19.9. The Bertz CT molecular complexity index is 1140. The summed E-state index contributed by atoms with van der Waals surface area (Å²) in [5.41, 5.74) is 2.98. The molecule has 1 saturated carbocycles. The zero-order valence-electron chi connectivity index (χ0n) is 17.4. The summed E-state index contributed by atoms with van der Waals surface area (Å²) in [6.45, 7) is 4.56. The van der Waals surface area contributed by atoms with Crippen molar-refractivity contribution in [1.29, 1.82) is 0 Å². The van der Waals surface area contributed by atoms with Gasteiger partial charge in [0.1, 0.15) is 11.4 Å². The molecular formula is C24H25N5OS. The molecule has 5 rings (SSSR count). The minimum atomic E-state index is 0.359. The van der Waals surface area contributed by atoms with Crippen molar-refractivity contribution in [3.05, 3.63) is 73.2 Å². The molecule has 1 aromatic carbocycles. The molecule has 6 nitrogen and oxygen atoms in total. The van der Waals surface area contributed by atoms with E-state index in [-0.39, 0.29) is 0 Å². The van der Waals surface area contributed by atoms with Crippen molar-refractivity contribution < 1.29 is 4.74 Å². The maximum Gasteiger partial charge on any atom is 0.192 e. The van der Waals surface area contributed by atoms with Gasteiger partial charge in [0.2, 0.25) is 0 Å². The van der Waals surface area contributed by atoms with E-state index in [1.165, 1.54) is 12.8 Å². The molecule has 31 heavy (non-hydrogen) atoms. The van der Waals surface area contributed by atoms with Crippen LogP contribution in [-0.4, -0.2) is 30.3 Å². The molecule has 0 aliphatic heterocycles. The van der Waals surface area contributed by atoms with Gasteiger partial charge in [-0.3, -0.25) is 4.57 Å². The fourth-order valence-electron chi connectivity index (χ4n) is 3.98. The third-order valence-electron chi connectivity index (χ3n) is 5.51. The Labute approximate surface area is 186 Å². The Morgan fingerprint density at radius 1 is 1.10 bits per heavy atom. The Morgan fingerprint density at radius 3 is 2.71 bits per heavy atom. The normalized spacial score (nSPS) is 14.3. The number of nitrogens with zero attached hydrogens (tertiary/aromatic N) is 5. The first-order valence-electron chi connectivity index (χ1n) is 10.7. The average Bonchev–Trinajstić information content (AvgIpc) is 3.53. The van der Waals surface area contributed by atoms with E-state index in [9.17, 15) is 0 Å². The summed E-state index contributed by atoms with van der Waals surface area (Å²) < 4.78 is 10.2. The lowest BCUT2D eigenvalue weighted by Gasteiger charge is -2.13. The SMILES string of the molecule is C=CCn1c(SCc2cn3ccccc3n2)nnc1-c1ccc(OC2CCCC2)cc1. The Morgan fingerprint density at radius 2 is 1.94 bits per heavy atom. The van der Waals surface area contributed by atoms with E-state index in [4.69, 9.17) is 4.74 Å². The lowest BCUT2D eigenvalue weighted by atomic mass is 10.2. The van der Waals surface area contributed by atoms with Crippen molar-refractivity contribution in [3.63, 3.8) is 0 Å². The molecule has 158 valence electrons. The minimum Gasteiger partial charge on any atom is -0.490 e. The van der Waals surface area contributed by atoms with Crippen LogP contribution >= 0.6 is 11.8 Å². The van der Waals surface area contributed by atoms with Gasteiger partial charge in [-0.1, -0.05) is 23.9 Å². The van der Waals surface area contributed by atoms with Gasteiger partial charge in [0.25, 0.3) is 0 Å². The maximum atomic E-state index is 6.09. The Kier molecular flexibility index (Phi) is 5.76. The molecular weight excluding hydrogens is 406 g/mol. The summed E-state index contributed by atoms with van der Waals surface area (Å²) in [5.74, 6) is 2.49. The number of allylic oxidation sites excluding steroid dienone is 1. The molecule has 3 heterocycles. The number of hydrogen-bond acceptors (Lipinski definition) is 5. The molecule has 0 unspecified atom stereocenters. The number of hydrogen-bond donors (Lipinski definition) is 0. The van der Waals surface area contributed by atoms with Crippen LogP contribution in [0.5, 0.6) is 5.75 Å². The number of rotatable bonds is 8. The first-order valence-corrected chi connectivity index (χ1v) is 11.7. The number of benzene rings is 1. The summed E-state index contributed by atoms with van der Waals surface area (Å²) >= 11 is 1.64.